The molecule has 0 bridgehead atoms. The zero-order chi connectivity index (χ0) is 11.8. The molecule has 1 amide bonds. The molecule has 86 valence electrons. The molecule has 1 aromatic carbocycles. The van der Waals surface area contributed by atoms with Gasteiger partial charge in [-0.25, -0.2) is 0 Å². The second-order valence-corrected chi connectivity index (χ2v) is 4.34. The van der Waals surface area contributed by atoms with Gasteiger partial charge in [0.2, 0.25) is 0 Å². The molecule has 3 rings (SSSR count). The maximum absolute atomic E-state index is 12.3. The van der Waals surface area contributed by atoms with E-state index in [1.54, 1.807) is 4.90 Å². The summed E-state index contributed by atoms with van der Waals surface area (Å²) in [4.78, 5) is 14.0. The van der Waals surface area contributed by atoms with Crippen molar-refractivity contribution in [3.63, 3.8) is 0 Å². The molecule has 1 aliphatic rings. The highest BCUT2D eigenvalue weighted by atomic mass is 35.5. The summed E-state index contributed by atoms with van der Waals surface area (Å²) in [5.41, 5.74) is 2.50. The number of halogens is 1. The van der Waals surface area contributed by atoms with Gasteiger partial charge in [-0.1, -0.05) is 29.8 Å². The van der Waals surface area contributed by atoms with Crippen molar-refractivity contribution in [2.24, 2.45) is 0 Å². The average molecular weight is 248 g/mol. The first-order valence-corrected chi connectivity index (χ1v) is 5.74. The summed E-state index contributed by atoms with van der Waals surface area (Å²) >= 11 is 5.90. The molecule has 17 heavy (non-hydrogen) atoms. The van der Waals surface area contributed by atoms with E-state index in [4.69, 9.17) is 11.6 Å². The minimum absolute atomic E-state index is 0.127. The molecule has 0 fully saturated rings. The quantitative estimate of drug-likeness (QED) is 0.840. The highest BCUT2D eigenvalue weighted by molar-refractivity contribution is 6.34. The molecule has 4 nitrogen and oxygen atoms in total. The standard InChI is InChI=1S/C12H10ClN3O/c13-9-7-14-15-11(9)12(17)16-6-5-8-3-1-2-4-10(8)16/h1-4,7H,5-6H2,(H,14,15). The van der Waals surface area contributed by atoms with Crippen LogP contribution in [-0.2, 0) is 6.42 Å². The number of benzene rings is 1. The van der Waals surface area contributed by atoms with Gasteiger partial charge < -0.3 is 4.90 Å². The smallest absolute Gasteiger partial charge is 0.277 e. The Labute approximate surface area is 103 Å². The molecule has 0 unspecified atom stereocenters. The Morgan fingerprint density at radius 1 is 1.41 bits per heavy atom. The van der Waals surface area contributed by atoms with Crippen LogP contribution in [0.25, 0.3) is 0 Å². The van der Waals surface area contributed by atoms with Gasteiger partial charge in [-0.05, 0) is 18.1 Å². The molecule has 1 aromatic heterocycles. The van der Waals surface area contributed by atoms with Gasteiger partial charge in [0.1, 0.15) is 5.69 Å². The van der Waals surface area contributed by atoms with E-state index in [2.05, 4.69) is 10.2 Å². The fourth-order valence-corrected chi connectivity index (χ4v) is 2.28. The van der Waals surface area contributed by atoms with Crippen LogP contribution in [-0.4, -0.2) is 22.6 Å². The number of para-hydroxylation sites is 1. The molecule has 0 atom stereocenters. The van der Waals surface area contributed by atoms with Crippen LogP contribution in [0.4, 0.5) is 5.69 Å². The number of anilines is 1. The number of nitrogens with zero attached hydrogens (tertiary/aromatic N) is 2. The van der Waals surface area contributed by atoms with Crippen molar-refractivity contribution < 1.29 is 4.79 Å². The van der Waals surface area contributed by atoms with Crippen LogP contribution in [0.5, 0.6) is 0 Å². The highest BCUT2D eigenvalue weighted by Crippen LogP contribution is 2.29. The highest BCUT2D eigenvalue weighted by Gasteiger charge is 2.27. The van der Waals surface area contributed by atoms with Gasteiger partial charge >= 0.3 is 0 Å². The van der Waals surface area contributed by atoms with Crippen molar-refractivity contribution >= 4 is 23.2 Å². The van der Waals surface area contributed by atoms with E-state index in [-0.39, 0.29) is 5.91 Å². The van der Waals surface area contributed by atoms with Gasteiger partial charge in [0.25, 0.3) is 5.91 Å². The van der Waals surface area contributed by atoms with Gasteiger partial charge in [0.05, 0.1) is 11.2 Å². The third kappa shape index (κ3) is 1.61. The first kappa shape index (κ1) is 10.4. The summed E-state index contributed by atoms with van der Waals surface area (Å²) in [6.07, 6.45) is 2.32. The Morgan fingerprint density at radius 3 is 3.00 bits per heavy atom. The lowest BCUT2D eigenvalue weighted by molar-refractivity contribution is 0.0985. The average Bonchev–Trinajstić information content (AvgIpc) is 2.94. The molecule has 0 spiro atoms. The van der Waals surface area contributed by atoms with Crippen LogP contribution < -0.4 is 4.90 Å². The van der Waals surface area contributed by atoms with Crippen molar-refractivity contribution in [3.05, 3.63) is 46.7 Å². The number of rotatable bonds is 1. The Bertz CT molecular complexity index is 579. The number of amides is 1. The molecular formula is C12H10ClN3O. The second kappa shape index (κ2) is 3.89. The lowest BCUT2D eigenvalue weighted by atomic mass is 10.2. The summed E-state index contributed by atoms with van der Waals surface area (Å²) < 4.78 is 0. The SMILES string of the molecule is O=C(c1[nH]ncc1Cl)N1CCc2ccccc21. The Hall–Kier alpha value is -1.81. The van der Waals surface area contributed by atoms with Gasteiger partial charge in [-0.3, -0.25) is 9.89 Å². The minimum Gasteiger partial charge on any atom is -0.306 e. The number of aromatic amines is 1. The Kier molecular flexibility index (Phi) is 2.37. The maximum atomic E-state index is 12.3. The predicted octanol–water partition coefficient (Wildman–Crippen LogP) is 2.27. The Morgan fingerprint density at radius 2 is 2.24 bits per heavy atom. The molecular weight excluding hydrogens is 238 g/mol. The first-order valence-electron chi connectivity index (χ1n) is 5.36. The number of carbonyl (C=O) groups is 1. The largest absolute Gasteiger partial charge is 0.306 e. The van der Waals surface area contributed by atoms with Crippen molar-refractivity contribution in [1.29, 1.82) is 0 Å². The zero-order valence-corrected chi connectivity index (χ0v) is 9.74. The lowest BCUT2D eigenvalue weighted by Crippen LogP contribution is -2.29. The predicted molar refractivity (Wildman–Crippen MR) is 65.4 cm³/mol. The third-order valence-electron chi connectivity index (χ3n) is 2.94. The number of aromatic nitrogens is 2. The summed E-state index contributed by atoms with van der Waals surface area (Å²) in [6, 6.07) is 7.90. The molecule has 1 N–H and O–H groups in total. The Balaban J connectivity index is 1.98. The second-order valence-electron chi connectivity index (χ2n) is 3.93. The summed E-state index contributed by atoms with van der Waals surface area (Å²) in [6.45, 7) is 0.688. The van der Waals surface area contributed by atoms with Crippen molar-refractivity contribution in [2.75, 3.05) is 11.4 Å². The van der Waals surface area contributed by atoms with E-state index in [0.29, 0.717) is 17.3 Å². The van der Waals surface area contributed by atoms with Crippen LogP contribution in [0.2, 0.25) is 5.02 Å². The maximum Gasteiger partial charge on any atom is 0.277 e. The number of fused-ring (bicyclic) bond motifs is 1. The molecule has 0 saturated heterocycles. The number of hydrogen-bond donors (Lipinski definition) is 1. The molecule has 0 radical (unpaired) electrons. The number of carbonyl (C=O) groups excluding carboxylic acids is 1. The third-order valence-corrected chi connectivity index (χ3v) is 3.23. The molecule has 0 saturated carbocycles. The molecule has 0 aliphatic carbocycles. The lowest BCUT2D eigenvalue weighted by Gasteiger charge is -2.16. The van der Waals surface area contributed by atoms with E-state index in [1.165, 1.54) is 11.8 Å². The first-order chi connectivity index (χ1) is 8.27. The van der Waals surface area contributed by atoms with E-state index in [0.717, 1.165) is 12.1 Å². The number of hydrogen-bond acceptors (Lipinski definition) is 2. The van der Waals surface area contributed by atoms with Crippen LogP contribution in [0.3, 0.4) is 0 Å². The van der Waals surface area contributed by atoms with E-state index >= 15 is 0 Å². The minimum atomic E-state index is -0.127. The van der Waals surface area contributed by atoms with Gasteiger partial charge in [-0.15, -0.1) is 0 Å². The van der Waals surface area contributed by atoms with Gasteiger partial charge in [0, 0.05) is 12.2 Å². The van der Waals surface area contributed by atoms with E-state index in [1.807, 2.05) is 24.3 Å². The summed E-state index contributed by atoms with van der Waals surface area (Å²) in [7, 11) is 0. The van der Waals surface area contributed by atoms with Gasteiger partial charge in [0.15, 0.2) is 0 Å². The van der Waals surface area contributed by atoms with Crippen LogP contribution in [0.1, 0.15) is 16.1 Å². The molecule has 2 heterocycles. The zero-order valence-electron chi connectivity index (χ0n) is 8.98. The molecule has 5 heteroatoms. The van der Waals surface area contributed by atoms with Crippen molar-refractivity contribution in [2.45, 2.75) is 6.42 Å². The van der Waals surface area contributed by atoms with E-state index < -0.39 is 0 Å². The molecule has 1 aliphatic heterocycles. The summed E-state index contributed by atoms with van der Waals surface area (Å²) in [5, 5.41) is 6.77. The normalized spacial score (nSPS) is 13.8. The van der Waals surface area contributed by atoms with Crippen LogP contribution >= 0.6 is 11.6 Å². The number of H-pyrrole nitrogens is 1. The topological polar surface area (TPSA) is 49.0 Å². The fraction of sp³-hybridized carbons (Fsp3) is 0.167. The van der Waals surface area contributed by atoms with Crippen molar-refractivity contribution in [3.8, 4) is 0 Å². The van der Waals surface area contributed by atoms with Crippen LogP contribution in [0.15, 0.2) is 30.5 Å². The van der Waals surface area contributed by atoms with Crippen molar-refractivity contribution in [1.82, 2.24) is 10.2 Å². The fourth-order valence-electron chi connectivity index (χ4n) is 2.11. The summed E-state index contributed by atoms with van der Waals surface area (Å²) in [5.74, 6) is -0.127. The van der Waals surface area contributed by atoms with Gasteiger partial charge in [-0.2, -0.15) is 5.10 Å². The number of nitrogens with one attached hydrogen (secondary N) is 1. The molecule has 2 aromatic rings. The monoisotopic (exact) mass is 247 g/mol. The van der Waals surface area contributed by atoms with E-state index in [9.17, 15) is 4.79 Å². The van der Waals surface area contributed by atoms with Crippen LogP contribution in [0, 0.1) is 0 Å².